The number of rotatable bonds is 5. The summed E-state index contributed by atoms with van der Waals surface area (Å²) < 4.78 is 5.31. The molecule has 86 valence electrons. The molecule has 0 amide bonds. The first-order chi connectivity index (χ1) is 7.75. The monoisotopic (exact) mass is 219 g/mol. The summed E-state index contributed by atoms with van der Waals surface area (Å²) in [5, 5.41) is 10.4. The van der Waals surface area contributed by atoms with E-state index in [4.69, 9.17) is 4.42 Å². The lowest BCUT2D eigenvalue weighted by Crippen LogP contribution is -2.27. The highest BCUT2D eigenvalue weighted by Gasteiger charge is 2.06. The van der Waals surface area contributed by atoms with Crippen molar-refractivity contribution in [2.45, 2.75) is 32.9 Å². The molecule has 16 heavy (non-hydrogen) atoms. The van der Waals surface area contributed by atoms with E-state index in [-0.39, 0.29) is 0 Å². The molecular weight excluding hydrogens is 202 g/mol. The van der Waals surface area contributed by atoms with Crippen molar-refractivity contribution in [1.82, 2.24) is 15.5 Å². The van der Waals surface area contributed by atoms with Gasteiger partial charge in [0.05, 0.1) is 12.5 Å². The van der Waals surface area contributed by atoms with Crippen LogP contribution in [0.4, 0.5) is 0 Å². The minimum atomic E-state index is 0.389. The summed E-state index contributed by atoms with van der Waals surface area (Å²) in [6.45, 7) is 5.02. The van der Waals surface area contributed by atoms with Gasteiger partial charge in [0.15, 0.2) is 0 Å². The molecule has 0 saturated carbocycles. The minimum Gasteiger partial charge on any atom is -0.469 e. The maximum absolute atomic E-state index is 5.31. The number of nitrogens with one attached hydrogen (secondary N) is 2. The Morgan fingerprint density at radius 1 is 1.56 bits per heavy atom. The average molecular weight is 219 g/mol. The first-order valence-electron chi connectivity index (χ1n) is 5.50. The van der Waals surface area contributed by atoms with Crippen LogP contribution in [0.15, 0.2) is 29.0 Å². The maximum Gasteiger partial charge on any atom is 0.105 e. The Hall–Kier alpha value is -1.55. The first kappa shape index (κ1) is 11.0. The number of furan rings is 1. The lowest BCUT2D eigenvalue weighted by atomic mass is 10.2. The Morgan fingerprint density at radius 2 is 2.44 bits per heavy atom. The third-order valence-corrected chi connectivity index (χ3v) is 2.66. The number of aryl methyl sites for hydroxylation is 1. The SMILES string of the molecule is Cc1[nH]ncc1CNC(C)Cc1ccco1. The summed E-state index contributed by atoms with van der Waals surface area (Å²) in [6.07, 6.45) is 4.48. The van der Waals surface area contributed by atoms with Gasteiger partial charge in [0.1, 0.15) is 5.76 Å². The van der Waals surface area contributed by atoms with Crippen LogP contribution < -0.4 is 5.32 Å². The second kappa shape index (κ2) is 4.99. The van der Waals surface area contributed by atoms with Crippen LogP contribution in [0.5, 0.6) is 0 Å². The van der Waals surface area contributed by atoms with E-state index in [9.17, 15) is 0 Å². The van der Waals surface area contributed by atoms with Crippen LogP contribution in [-0.4, -0.2) is 16.2 Å². The number of aromatic nitrogens is 2. The molecule has 0 aliphatic heterocycles. The molecule has 4 heteroatoms. The molecule has 0 aliphatic carbocycles. The number of hydrogen-bond donors (Lipinski definition) is 2. The van der Waals surface area contributed by atoms with Gasteiger partial charge in [-0.3, -0.25) is 5.10 Å². The van der Waals surface area contributed by atoms with Crippen LogP contribution in [-0.2, 0) is 13.0 Å². The van der Waals surface area contributed by atoms with E-state index in [1.54, 1.807) is 6.26 Å². The Labute approximate surface area is 95.1 Å². The molecule has 0 spiro atoms. The summed E-state index contributed by atoms with van der Waals surface area (Å²) in [4.78, 5) is 0. The van der Waals surface area contributed by atoms with Crippen molar-refractivity contribution in [1.29, 1.82) is 0 Å². The third-order valence-electron chi connectivity index (χ3n) is 2.66. The van der Waals surface area contributed by atoms with Gasteiger partial charge in [-0.1, -0.05) is 0 Å². The van der Waals surface area contributed by atoms with E-state index in [0.717, 1.165) is 24.4 Å². The second-order valence-electron chi connectivity index (χ2n) is 4.09. The van der Waals surface area contributed by atoms with Crippen LogP contribution in [0.25, 0.3) is 0 Å². The Bertz CT molecular complexity index is 419. The molecule has 2 aromatic heterocycles. The van der Waals surface area contributed by atoms with Crippen molar-refractivity contribution in [2.75, 3.05) is 0 Å². The fourth-order valence-corrected chi connectivity index (χ4v) is 1.64. The molecule has 1 atom stereocenters. The van der Waals surface area contributed by atoms with Crippen molar-refractivity contribution in [3.63, 3.8) is 0 Å². The fraction of sp³-hybridized carbons (Fsp3) is 0.417. The van der Waals surface area contributed by atoms with Crippen molar-refractivity contribution >= 4 is 0 Å². The van der Waals surface area contributed by atoms with E-state index in [0.29, 0.717) is 6.04 Å². The summed E-state index contributed by atoms with van der Waals surface area (Å²) in [5.41, 5.74) is 2.34. The molecule has 2 aromatic rings. The van der Waals surface area contributed by atoms with Crippen molar-refractivity contribution in [3.05, 3.63) is 41.6 Å². The molecule has 2 rings (SSSR count). The van der Waals surface area contributed by atoms with Gasteiger partial charge in [-0.15, -0.1) is 0 Å². The molecule has 0 radical (unpaired) electrons. The van der Waals surface area contributed by atoms with Gasteiger partial charge < -0.3 is 9.73 Å². The molecule has 0 saturated heterocycles. The summed E-state index contributed by atoms with van der Waals surface area (Å²) in [5.74, 6) is 1.02. The van der Waals surface area contributed by atoms with Gasteiger partial charge in [0.25, 0.3) is 0 Å². The van der Waals surface area contributed by atoms with Crippen molar-refractivity contribution in [2.24, 2.45) is 0 Å². The van der Waals surface area contributed by atoms with E-state index in [1.165, 1.54) is 5.56 Å². The van der Waals surface area contributed by atoms with Gasteiger partial charge in [0.2, 0.25) is 0 Å². The Kier molecular flexibility index (Phi) is 3.41. The normalized spacial score (nSPS) is 12.9. The standard InChI is InChI=1S/C12H17N3O/c1-9(6-12-4-3-5-16-12)13-7-11-8-14-15-10(11)2/h3-5,8-9,13H,6-7H2,1-2H3,(H,14,15). The van der Waals surface area contributed by atoms with Gasteiger partial charge >= 0.3 is 0 Å². The topological polar surface area (TPSA) is 53.9 Å². The second-order valence-corrected chi connectivity index (χ2v) is 4.09. The molecule has 2 heterocycles. The number of H-pyrrole nitrogens is 1. The highest BCUT2D eigenvalue weighted by Crippen LogP contribution is 2.06. The first-order valence-corrected chi connectivity index (χ1v) is 5.50. The van der Waals surface area contributed by atoms with Gasteiger partial charge in [-0.2, -0.15) is 5.10 Å². The molecular formula is C12H17N3O. The predicted molar refractivity (Wildman–Crippen MR) is 62.0 cm³/mol. The van der Waals surface area contributed by atoms with Crippen LogP contribution in [0, 0.1) is 6.92 Å². The fourth-order valence-electron chi connectivity index (χ4n) is 1.64. The lowest BCUT2D eigenvalue weighted by Gasteiger charge is -2.11. The van der Waals surface area contributed by atoms with Crippen molar-refractivity contribution in [3.8, 4) is 0 Å². The highest BCUT2D eigenvalue weighted by atomic mass is 16.3. The summed E-state index contributed by atoms with van der Waals surface area (Å²) in [7, 11) is 0. The van der Waals surface area contributed by atoms with Gasteiger partial charge in [0, 0.05) is 30.3 Å². The number of hydrogen-bond acceptors (Lipinski definition) is 3. The molecule has 1 unspecified atom stereocenters. The van der Waals surface area contributed by atoms with E-state index in [2.05, 4.69) is 22.4 Å². The molecule has 0 aliphatic rings. The maximum atomic E-state index is 5.31. The predicted octanol–water partition coefficient (Wildman–Crippen LogP) is 2.03. The zero-order valence-corrected chi connectivity index (χ0v) is 9.66. The quantitative estimate of drug-likeness (QED) is 0.809. The lowest BCUT2D eigenvalue weighted by molar-refractivity contribution is 0.456. The van der Waals surface area contributed by atoms with E-state index < -0.39 is 0 Å². The third kappa shape index (κ3) is 2.73. The number of nitrogens with zero attached hydrogens (tertiary/aromatic N) is 1. The molecule has 4 nitrogen and oxygen atoms in total. The van der Waals surface area contributed by atoms with Crippen LogP contribution in [0.1, 0.15) is 23.9 Å². The molecule has 0 bridgehead atoms. The van der Waals surface area contributed by atoms with Crippen LogP contribution in [0.3, 0.4) is 0 Å². The zero-order valence-electron chi connectivity index (χ0n) is 9.66. The van der Waals surface area contributed by atoms with E-state index in [1.807, 2.05) is 25.3 Å². The Balaban J connectivity index is 1.80. The van der Waals surface area contributed by atoms with Crippen molar-refractivity contribution < 1.29 is 4.42 Å². The molecule has 2 N–H and O–H groups in total. The summed E-state index contributed by atoms with van der Waals surface area (Å²) in [6, 6.07) is 4.31. The molecule has 0 aromatic carbocycles. The van der Waals surface area contributed by atoms with Gasteiger partial charge in [-0.25, -0.2) is 0 Å². The minimum absolute atomic E-state index is 0.389. The Morgan fingerprint density at radius 3 is 3.06 bits per heavy atom. The smallest absolute Gasteiger partial charge is 0.105 e. The summed E-state index contributed by atoms with van der Waals surface area (Å²) >= 11 is 0. The zero-order chi connectivity index (χ0) is 11.4. The molecule has 0 fully saturated rings. The highest BCUT2D eigenvalue weighted by molar-refractivity contribution is 5.14. The van der Waals surface area contributed by atoms with Crippen LogP contribution in [0.2, 0.25) is 0 Å². The number of aromatic amines is 1. The van der Waals surface area contributed by atoms with E-state index >= 15 is 0 Å². The van der Waals surface area contributed by atoms with Gasteiger partial charge in [-0.05, 0) is 26.0 Å². The van der Waals surface area contributed by atoms with Crippen LogP contribution >= 0.6 is 0 Å². The average Bonchev–Trinajstić information content (AvgIpc) is 2.87. The largest absolute Gasteiger partial charge is 0.469 e.